The van der Waals surface area contributed by atoms with Crippen molar-refractivity contribution in [2.45, 2.75) is 164 Å². The summed E-state index contributed by atoms with van der Waals surface area (Å²) in [5, 5.41) is 44.6. The zero-order valence-corrected chi connectivity index (χ0v) is 73.1. The van der Waals surface area contributed by atoms with Crippen molar-refractivity contribution in [1.82, 2.24) is 0 Å². The maximum Gasteiger partial charge on any atom is 0.343 e. The molecule has 0 saturated carbocycles. The fourth-order valence-corrected chi connectivity index (χ4v) is 18.9. The van der Waals surface area contributed by atoms with Gasteiger partial charge in [0.1, 0.15) is 58.6 Å². The molecular weight excluding hydrogens is 1630 g/mol. The third kappa shape index (κ3) is 18.7. The minimum Gasteiger partial charge on any atom is -0.494 e. The van der Waals surface area contributed by atoms with Crippen molar-refractivity contribution in [1.29, 1.82) is 5.26 Å². The van der Waals surface area contributed by atoms with E-state index < -0.39 is 82.9 Å². The molecule has 2 aliphatic carbocycles. The molecule has 7 atom stereocenters. The van der Waals surface area contributed by atoms with Crippen molar-refractivity contribution >= 4 is 72.7 Å². The van der Waals surface area contributed by atoms with E-state index in [-0.39, 0.29) is 13.2 Å². The second-order valence-corrected chi connectivity index (χ2v) is 34.4. The van der Waals surface area contributed by atoms with Gasteiger partial charge in [0, 0.05) is 16.5 Å². The van der Waals surface area contributed by atoms with Crippen LogP contribution in [-0.2, 0) is 57.9 Å². The summed E-state index contributed by atoms with van der Waals surface area (Å²) >= 11 is 0. The van der Waals surface area contributed by atoms with Crippen LogP contribution in [0.25, 0.3) is 47.9 Å². The Morgan fingerprint density at radius 1 is 0.423 bits per heavy atom. The monoisotopic (exact) mass is 1730 g/mol. The molecule has 18 heteroatoms. The summed E-state index contributed by atoms with van der Waals surface area (Å²) < 4.78 is 60.3. The highest BCUT2D eigenvalue weighted by atomic mass is 16.8. The number of esters is 4. The molecule has 3 heterocycles. The van der Waals surface area contributed by atoms with Gasteiger partial charge in [0.05, 0.1) is 66.9 Å². The molecule has 18 nitrogen and oxygen atoms in total. The van der Waals surface area contributed by atoms with E-state index in [1.54, 1.807) is 97.1 Å². The average molecular weight is 1730 g/mol. The van der Waals surface area contributed by atoms with Crippen molar-refractivity contribution in [3.05, 3.63) is 387 Å². The van der Waals surface area contributed by atoms with Gasteiger partial charge >= 0.3 is 23.9 Å². The lowest BCUT2D eigenvalue weighted by Gasteiger charge is -2.43. The predicted molar refractivity (Wildman–Crippen MR) is 500 cm³/mol. The molecule has 0 aromatic heterocycles. The van der Waals surface area contributed by atoms with E-state index in [0.717, 1.165) is 128 Å². The molecular formula is C112H102N2O16. The van der Waals surface area contributed by atoms with Crippen LogP contribution >= 0.6 is 0 Å². The highest BCUT2D eigenvalue weighted by molar-refractivity contribution is 5.94. The number of aryl methyl sites for hydroxylation is 2. The van der Waals surface area contributed by atoms with Gasteiger partial charge in [0.25, 0.3) is 0 Å². The number of unbranched alkanes of at least 4 members (excludes halogenated alkanes) is 6. The number of nitriles is 1. The van der Waals surface area contributed by atoms with Crippen LogP contribution in [0.2, 0.25) is 0 Å². The highest BCUT2D eigenvalue weighted by Gasteiger charge is 2.62. The van der Waals surface area contributed by atoms with Crippen LogP contribution in [0.1, 0.15) is 183 Å². The van der Waals surface area contributed by atoms with Crippen LogP contribution in [-0.4, -0.2) is 103 Å². The third-order valence-corrected chi connectivity index (χ3v) is 25.6. The largest absolute Gasteiger partial charge is 0.494 e. The number of carbonyl (C=O) groups excluding carboxylic acids is 4. The first-order valence-electron chi connectivity index (χ1n) is 44.9. The van der Waals surface area contributed by atoms with E-state index in [1.807, 2.05) is 184 Å². The van der Waals surface area contributed by atoms with Gasteiger partial charge in [-0.15, -0.1) is 0 Å². The number of fused-ring (bicyclic) bond motifs is 9. The van der Waals surface area contributed by atoms with Crippen LogP contribution in [0.15, 0.2) is 303 Å². The number of hydrogen-bond acceptors (Lipinski definition) is 17. The Morgan fingerprint density at radius 2 is 0.769 bits per heavy atom. The smallest absolute Gasteiger partial charge is 0.343 e. The summed E-state index contributed by atoms with van der Waals surface area (Å²) in [6.07, 6.45) is 8.12. The van der Waals surface area contributed by atoms with Crippen molar-refractivity contribution in [2.75, 3.05) is 26.4 Å². The van der Waals surface area contributed by atoms with Gasteiger partial charge in [-0.2, -0.15) is 5.26 Å². The van der Waals surface area contributed by atoms with E-state index in [0.29, 0.717) is 80.5 Å². The van der Waals surface area contributed by atoms with Crippen molar-refractivity contribution in [3.8, 4) is 29.1 Å². The molecule has 0 amide bonds. The third-order valence-electron chi connectivity index (χ3n) is 25.6. The first-order chi connectivity index (χ1) is 63.3. The fraction of sp³-hybridized carbons (Fsp3) is 0.268. The van der Waals surface area contributed by atoms with E-state index in [2.05, 4.69) is 61.2 Å². The minimum atomic E-state index is -1.76. The zero-order chi connectivity index (χ0) is 89.9. The minimum absolute atomic E-state index is 0.179. The second-order valence-electron chi connectivity index (χ2n) is 34.4. The molecule has 656 valence electrons. The summed E-state index contributed by atoms with van der Waals surface area (Å²) in [6.45, 7) is 16.9. The Kier molecular flexibility index (Phi) is 26.6. The van der Waals surface area contributed by atoms with Crippen molar-refractivity contribution < 1.29 is 76.8 Å². The van der Waals surface area contributed by atoms with E-state index >= 15 is 0 Å². The van der Waals surface area contributed by atoms with Gasteiger partial charge in [-0.1, -0.05) is 246 Å². The zero-order valence-electron chi connectivity index (χ0n) is 73.1. The standard InChI is InChI=1S/C47H38O4.C33H22N2O4.C32H42O8/c1-45(2)50-43(46(48,39-23-19-31-11-3-7-15-35(31)27-39)40-24-20-32-12-4-8-16-36(32)28-40)44(51-45)47(49,41-25-21-33-13-5-9-17-37(33)29-41)42-26-22-34-14-6-10-18-38(34)30-42;1-35-26-14-12-25(13-15-26)32(37)39-28-7-3-5-23-17-19-33(30(23)28)18-16-22-4-2-6-27(29(22)33)38-31(36)24-10-8-21(20-34)9-11-24;1-3-5-7-9-19-35-25-15-11-23(12-16-25)31(33)39-27-21-37-30-28(22-38-29(27)30)40-32(34)24-13-17-26(18-14-24)36-20-10-8-6-4-2/h3-30,43-44,48-49H,1-2H3;2-15H,16-19H2;11-18,27-30H,3-10,19-22H2,1-2H3/t43-,44-;;27-,28+,29-,30-/m1.1/s1. The molecule has 19 rings (SSSR count). The van der Waals surface area contributed by atoms with Crippen LogP contribution in [0.5, 0.6) is 23.0 Å². The second kappa shape index (κ2) is 39.1. The first kappa shape index (κ1) is 88.4. The molecule has 5 aliphatic rings. The topological polar surface area (TPSA) is 229 Å². The van der Waals surface area contributed by atoms with Gasteiger partial charge in [0.15, 0.2) is 23.7 Å². The Bertz CT molecular complexity index is 6000. The Balaban J connectivity index is 0.000000139. The molecule has 0 bridgehead atoms. The molecule has 1 unspecified atom stereocenters. The summed E-state index contributed by atoms with van der Waals surface area (Å²) in [7, 11) is 0. The number of rotatable bonds is 26. The van der Waals surface area contributed by atoms with Crippen LogP contribution < -0.4 is 18.9 Å². The maximum atomic E-state index is 13.7. The van der Waals surface area contributed by atoms with E-state index in [1.165, 1.54) is 25.7 Å². The van der Waals surface area contributed by atoms with Crippen LogP contribution in [0, 0.1) is 17.9 Å². The quantitative estimate of drug-likeness (QED) is 0.0222. The molecule has 0 radical (unpaired) electrons. The van der Waals surface area contributed by atoms with E-state index in [4.69, 9.17) is 59.2 Å². The highest BCUT2D eigenvalue weighted by Crippen LogP contribution is 2.58. The normalized spacial score (nSPS) is 18.6. The Labute approximate surface area is 756 Å². The lowest BCUT2D eigenvalue weighted by molar-refractivity contribution is -0.172. The summed E-state index contributed by atoms with van der Waals surface area (Å²) in [6, 6.07) is 96.9. The van der Waals surface area contributed by atoms with Gasteiger partial charge < -0.3 is 57.6 Å². The van der Waals surface area contributed by atoms with E-state index in [9.17, 15) is 29.4 Å². The molecule has 130 heavy (non-hydrogen) atoms. The Hall–Kier alpha value is -13.7. The van der Waals surface area contributed by atoms with Gasteiger partial charge in [-0.25, -0.2) is 24.0 Å². The summed E-state index contributed by atoms with van der Waals surface area (Å²) in [5.74, 6) is -0.583. The summed E-state index contributed by atoms with van der Waals surface area (Å²) in [4.78, 5) is 55.0. The number of benzene rings is 14. The molecule has 14 aromatic rings. The van der Waals surface area contributed by atoms with Crippen molar-refractivity contribution in [2.24, 2.45) is 0 Å². The SMILES string of the molecule is CC1(C)O[C@@H](C(O)(c2ccc3ccccc3c2)c2ccc3ccccc3c2)[C@H](C(O)(c2ccc3ccccc3c2)c2ccc3ccccc3c2)O1.CCCCCCOc1ccc(C(=O)O[C@H]2CO[C@H]3[C@@H]2OC[C@H]3OC(=O)c2ccc(OCCCCCC)cc2)cc1.[C-]#[N+]c1ccc(C(=O)Oc2cccc3c2C2(CCc4cccc(OC(=O)c5ccc(C#N)cc5)c42)CC3)cc1. The molecule has 14 aromatic carbocycles. The van der Waals surface area contributed by atoms with Crippen LogP contribution in [0.4, 0.5) is 5.69 Å². The van der Waals surface area contributed by atoms with Crippen LogP contribution in [0.3, 0.4) is 0 Å². The number of hydrogen-bond donors (Lipinski definition) is 2. The molecule has 3 fully saturated rings. The average Bonchev–Trinajstić information content (AvgIpc) is 1.44. The lowest BCUT2D eigenvalue weighted by atomic mass is 9.71. The Morgan fingerprint density at radius 3 is 1.12 bits per heavy atom. The van der Waals surface area contributed by atoms with Gasteiger partial charge in [0.2, 0.25) is 0 Å². The maximum absolute atomic E-state index is 13.7. The number of carbonyl (C=O) groups is 4. The number of nitrogens with zero attached hydrogens (tertiary/aromatic N) is 2. The molecule has 3 aliphatic heterocycles. The molecule has 2 N–H and O–H groups in total. The summed E-state index contributed by atoms with van der Waals surface area (Å²) in [5.41, 5.74) is 5.31. The predicted octanol–water partition coefficient (Wildman–Crippen LogP) is 22.9. The molecule has 3 saturated heterocycles. The number of aliphatic hydroxyl groups is 2. The first-order valence-corrected chi connectivity index (χ1v) is 44.9. The van der Waals surface area contributed by atoms with Gasteiger partial charge in [-0.05, 0) is 238 Å². The lowest BCUT2D eigenvalue weighted by Crippen LogP contribution is -2.55. The van der Waals surface area contributed by atoms with Crippen molar-refractivity contribution in [3.63, 3.8) is 0 Å². The number of ether oxygens (including phenoxy) is 10. The molecule has 1 spiro atoms. The van der Waals surface area contributed by atoms with Gasteiger partial charge in [-0.3, -0.25) is 0 Å². The fourth-order valence-electron chi connectivity index (χ4n) is 18.9.